The number of amidine groups is 1. The van der Waals surface area contributed by atoms with Gasteiger partial charge in [-0.1, -0.05) is 53.7 Å². The van der Waals surface area contributed by atoms with E-state index in [0.29, 0.717) is 21.6 Å². The number of anilines is 1. The summed E-state index contributed by atoms with van der Waals surface area (Å²) in [6.45, 7) is -0.196. The normalized spacial score (nSPS) is 24.3. The Balaban J connectivity index is 1.59. The molecule has 2 saturated heterocycles. The first-order chi connectivity index (χ1) is 13.4. The van der Waals surface area contributed by atoms with E-state index >= 15 is 0 Å². The Kier molecular flexibility index (Phi) is 5.35. The van der Waals surface area contributed by atoms with Gasteiger partial charge in [0.1, 0.15) is 5.75 Å². The number of sulfone groups is 1. The zero-order chi connectivity index (χ0) is 19.7. The van der Waals surface area contributed by atoms with Crippen molar-refractivity contribution in [1.29, 1.82) is 0 Å². The van der Waals surface area contributed by atoms with Gasteiger partial charge in [0.05, 0.1) is 28.3 Å². The highest BCUT2D eigenvalue weighted by Crippen LogP contribution is 2.42. The fourth-order valence-electron chi connectivity index (χ4n) is 3.29. The Bertz CT molecular complexity index is 1030. The van der Waals surface area contributed by atoms with Gasteiger partial charge >= 0.3 is 0 Å². The van der Waals surface area contributed by atoms with Crippen LogP contribution >= 0.6 is 23.4 Å². The molecule has 0 bridgehead atoms. The monoisotopic (exact) mass is 436 g/mol. The van der Waals surface area contributed by atoms with Crippen LogP contribution in [0.15, 0.2) is 59.6 Å². The standard InChI is InChI=1S/C19H17ClN2O4S2/c20-14-8-4-5-9-15(14)22-16-11-28(24,25)12-17(16)27-19(22)21-18(23)10-26-13-6-2-1-3-7-13/h1-9,16-17H,10-12H2. The van der Waals surface area contributed by atoms with Crippen molar-refractivity contribution in [3.8, 4) is 5.75 Å². The third kappa shape index (κ3) is 4.04. The molecule has 2 aliphatic rings. The number of amides is 1. The van der Waals surface area contributed by atoms with Gasteiger partial charge < -0.3 is 9.64 Å². The molecule has 0 aliphatic carbocycles. The van der Waals surface area contributed by atoms with Crippen LogP contribution in [0.25, 0.3) is 0 Å². The van der Waals surface area contributed by atoms with E-state index < -0.39 is 15.7 Å². The number of thioether (sulfide) groups is 1. The van der Waals surface area contributed by atoms with E-state index in [9.17, 15) is 13.2 Å². The molecule has 2 unspecified atom stereocenters. The van der Waals surface area contributed by atoms with E-state index in [1.165, 1.54) is 11.8 Å². The van der Waals surface area contributed by atoms with Crippen LogP contribution in [0.5, 0.6) is 5.75 Å². The quantitative estimate of drug-likeness (QED) is 0.733. The molecule has 2 aliphatic heterocycles. The highest BCUT2D eigenvalue weighted by molar-refractivity contribution is 8.16. The summed E-state index contributed by atoms with van der Waals surface area (Å²) in [7, 11) is -3.13. The molecular weight excluding hydrogens is 420 g/mol. The first-order valence-corrected chi connectivity index (χ1v) is 11.7. The number of hydrogen-bond donors (Lipinski definition) is 0. The minimum atomic E-state index is -3.13. The van der Waals surface area contributed by atoms with Crippen molar-refractivity contribution in [2.45, 2.75) is 11.3 Å². The number of hydrogen-bond acceptors (Lipinski definition) is 5. The van der Waals surface area contributed by atoms with Crippen molar-refractivity contribution >= 4 is 50.0 Å². The molecule has 1 amide bonds. The van der Waals surface area contributed by atoms with Gasteiger partial charge in [0, 0.05) is 5.25 Å². The van der Waals surface area contributed by atoms with Crippen molar-refractivity contribution in [2.75, 3.05) is 23.0 Å². The molecule has 9 heteroatoms. The fourth-order valence-corrected chi connectivity index (χ4v) is 7.44. The molecule has 6 nitrogen and oxygen atoms in total. The smallest absolute Gasteiger partial charge is 0.285 e. The second-order valence-corrected chi connectivity index (χ2v) is 10.3. The van der Waals surface area contributed by atoms with Crippen molar-refractivity contribution in [1.82, 2.24) is 0 Å². The fraction of sp³-hybridized carbons (Fsp3) is 0.263. The average Bonchev–Trinajstić information content (AvgIpc) is 3.12. The van der Waals surface area contributed by atoms with Gasteiger partial charge in [0.25, 0.3) is 5.91 Å². The second-order valence-electron chi connectivity index (χ2n) is 6.51. The highest BCUT2D eigenvalue weighted by atomic mass is 35.5. The number of aliphatic imine (C=N–C) groups is 1. The van der Waals surface area contributed by atoms with Crippen LogP contribution in [0.2, 0.25) is 5.02 Å². The molecule has 0 aromatic heterocycles. The molecule has 0 spiro atoms. The Hall–Kier alpha value is -2.03. The number of para-hydroxylation sites is 2. The van der Waals surface area contributed by atoms with Crippen molar-refractivity contribution in [3.63, 3.8) is 0 Å². The van der Waals surface area contributed by atoms with Crippen LogP contribution in [-0.4, -0.2) is 48.9 Å². The third-order valence-corrected chi connectivity index (χ3v) is 8.03. The predicted molar refractivity (Wildman–Crippen MR) is 112 cm³/mol. The molecule has 0 N–H and O–H groups in total. The Morgan fingerprint density at radius 3 is 2.61 bits per heavy atom. The number of carbonyl (C=O) groups excluding carboxylic acids is 1. The second kappa shape index (κ2) is 7.77. The minimum absolute atomic E-state index is 0.0175. The zero-order valence-electron chi connectivity index (χ0n) is 14.7. The van der Waals surface area contributed by atoms with Gasteiger partial charge in [-0.05, 0) is 24.3 Å². The van der Waals surface area contributed by atoms with Crippen LogP contribution in [0, 0.1) is 0 Å². The molecule has 2 atom stereocenters. The molecule has 0 saturated carbocycles. The van der Waals surface area contributed by atoms with Crippen LogP contribution in [-0.2, 0) is 14.6 Å². The number of halogens is 1. The summed E-state index contributed by atoms with van der Waals surface area (Å²) in [5, 5.41) is 0.760. The lowest BCUT2D eigenvalue weighted by Gasteiger charge is -2.25. The maximum Gasteiger partial charge on any atom is 0.285 e. The molecule has 0 radical (unpaired) electrons. The Labute approximate surface area is 172 Å². The van der Waals surface area contributed by atoms with Gasteiger partial charge in [-0.3, -0.25) is 4.79 Å². The predicted octanol–water partition coefficient (Wildman–Crippen LogP) is 3.02. The van der Waals surface area contributed by atoms with Gasteiger partial charge in [-0.25, -0.2) is 8.42 Å². The maximum absolute atomic E-state index is 12.4. The third-order valence-electron chi connectivity index (χ3n) is 4.50. The average molecular weight is 437 g/mol. The van der Waals surface area contributed by atoms with E-state index in [1.54, 1.807) is 35.2 Å². The van der Waals surface area contributed by atoms with Gasteiger partial charge in [0.2, 0.25) is 0 Å². The van der Waals surface area contributed by atoms with E-state index in [4.69, 9.17) is 16.3 Å². The number of rotatable bonds is 4. The summed E-state index contributed by atoms with van der Waals surface area (Å²) >= 11 is 7.65. The number of carbonyl (C=O) groups is 1. The zero-order valence-corrected chi connectivity index (χ0v) is 17.1. The number of fused-ring (bicyclic) bond motifs is 1. The van der Waals surface area contributed by atoms with Crippen molar-refractivity contribution in [3.05, 3.63) is 59.6 Å². The highest BCUT2D eigenvalue weighted by Gasteiger charge is 2.49. The summed E-state index contributed by atoms with van der Waals surface area (Å²) in [6, 6.07) is 15.9. The van der Waals surface area contributed by atoms with E-state index in [0.717, 1.165) is 0 Å². The molecule has 2 aromatic rings. The summed E-state index contributed by atoms with van der Waals surface area (Å²) in [5.74, 6) is 0.230. The van der Waals surface area contributed by atoms with Crippen LogP contribution < -0.4 is 9.64 Å². The lowest BCUT2D eigenvalue weighted by molar-refractivity contribution is -0.119. The van der Waals surface area contributed by atoms with E-state index in [-0.39, 0.29) is 29.4 Å². The summed E-state index contributed by atoms with van der Waals surface area (Å²) in [5.41, 5.74) is 0.650. The molecule has 2 aromatic carbocycles. The van der Waals surface area contributed by atoms with Crippen molar-refractivity contribution < 1.29 is 17.9 Å². The van der Waals surface area contributed by atoms with Gasteiger partial charge in [-0.15, -0.1) is 0 Å². The molecular formula is C19H17ClN2O4S2. The lowest BCUT2D eigenvalue weighted by atomic mass is 10.2. The number of nitrogens with zero attached hydrogens (tertiary/aromatic N) is 2. The Morgan fingerprint density at radius 1 is 1.14 bits per heavy atom. The molecule has 2 fully saturated rings. The SMILES string of the molecule is O=C(COc1ccccc1)N=C1SC2CS(=O)(=O)CC2N1c1ccccc1Cl. The van der Waals surface area contributed by atoms with Gasteiger partial charge in [-0.2, -0.15) is 4.99 Å². The van der Waals surface area contributed by atoms with Crippen LogP contribution in [0.1, 0.15) is 0 Å². The van der Waals surface area contributed by atoms with E-state index in [2.05, 4.69) is 4.99 Å². The largest absolute Gasteiger partial charge is 0.484 e. The minimum Gasteiger partial charge on any atom is -0.484 e. The summed E-state index contributed by atoms with van der Waals surface area (Å²) in [4.78, 5) is 18.4. The molecule has 2 heterocycles. The first kappa shape index (κ1) is 19.3. The number of benzene rings is 2. The van der Waals surface area contributed by atoms with Crippen LogP contribution in [0.4, 0.5) is 5.69 Å². The van der Waals surface area contributed by atoms with E-state index in [1.807, 2.05) is 24.3 Å². The first-order valence-electron chi connectivity index (χ1n) is 8.63. The summed E-state index contributed by atoms with van der Waals surface area (Å²) < 4.78 is 29.7. The van der Waals surface area contributed by atoms with Gasteiger partial charge in [0.15, 0.2) is 21.6 Å². The van der Waals surface area contributed by atoms with Crippen molar-refractivity contribution in [2.24, 2.45) is 4.99 Å². The summed E-state index contributed by atoms with van der Waals surface area (Å²) in [6.07, 6.45) is 0. The molecule has 4 rings (SSSR count). The molecule has 28 heavy (non-hydrogen) atoms. The maximum atomic E-state index is 12.4. The lowest BCUT2D eigenvalue weighted by Crippen LogP contribution is -2.38. The molecule has 146 valence electrons. The number of ether oxygens (including phenoxy) is 1. The topological polar surface area (TPSA) is 76.0 Å². The van der Waals surface area contributed by atoms with Crippen LogP contribution in [0.3, 0.4) is 0 Å². The Morgan fingerprint density at radius 2 is 1.86 bits per heavy atom.